The topological polar surface area (TPSA) is 38.3 Å². The zero-order chi connectivity index (χ0) is 13.2. The number of halogens is 1. The van der Waals surface area contributed by atoms with E-state index in [1.165, 1.54) is 0 Å². The van der Waals surface area contributed by atoms with Gasteiger partial charge in [-0.1, -0.05) is 40.2 Å². The molecular weight excluding hydrogens is 306 g/mol. The van der Waals surface area contributed by atoms with Gasteiger partial charge in [0.25, 0.3) is 0 Å². The van der Waals surface area contributed by atoms with E-state index in [1.807, 2.05) is 42.5 Å². The molecule has 0 saturated heterocycles. The lowest BCUT2D eigenvalue weighted by atomic mass is 10.0. The minimum Gasteiger partial charge on any atom is -0.424 e. The first kappa shape index (κ1) is 12.2. The number of benzene rings is 2. The first-order valence-electron chi connectivity index (χ1n) is 6.04. The molecule has 0 aliphatic carbocycles. The summed E-state index contributed by atoms with van der Waals surface area (Å²) in [5, 5.41) is 3.36. The van der Waals surface area contributed by atoms with Gasteiger partial charge in [0.15, 0.2) is 5.75 Å². The zero-order valence-corrected chi connectivity index (χ0v) is 11.7. The summed E-state index contributed by atoms with van der Waals surface area (Å²) in [6.45, 7) is 0. The van der Waals surface area contributed by atoms with Crippen LogP contribution in [0.1, 0.15) is 18.0 Å². The van der Waals surface area contributed by atoms with Crippen LogP contribution in [0.3, 0.4) is 0 Å². The van der Waals surface area contributed by atoms with E-state index in [0.717, 1.165) is 15.7 Å². The van der Waals surface area contributed by atoms with Crippen molar-refractivity contribution in [3.63, 3.8) is 0 Å². The third-order valence-corrected chi connectivity index (χ3v) is 3.61. The molecule has 0 radical (unpaired) electrons. The summed E-state index contributed by atoms with van der Waals surface area (Å²) in [7, 11) is 0. The van der Waals surface area contributed by atoms with Gasteiger partial charge in [0, 0.05) is 4.47 Å². The van der Waals surface area contributed by atoms with Gasteiger partial charge in [0.1, 0.15) is 0 Å². The molecule has 0 saturated carbocycles. The summed E-state index contributed by atoms with van der Waals surface area (Å²) in [6, 6.07) is 15.4. The van der Waals surface area contributed by atoms with E-state index < -0.39 is 0 Å². The van der Waals surface area contributed by atoms with E-state index >= 15 is 0 Å². The second-order valence-electron chi connectivity index (χ2n) is 4.42. The van der Waals surface area contributed by atoms with Gasteiger partial charge in [-0.25, -0.2) is 0 Å². The van der Waals surface area contributed by atoms with Crippen LogP contribution in [0.5, 0.6) is 5.75 Å². The molecule has 1 N–H and O–H groups in total. The van der Waals surface area contributed by atoms with E-state index in [-0.39, 0.29) is 12.0 Å². The Morgan fingerprint density at radius 2 is 1.84 bits per heavy atom. The lowest BCUT2D eigenvalue weighted by Gasteiger charge is -2.16. The molecule has 1 aliphatic heterocycles. The Labute approximate surface area is 119 Å². The van der Waals surface area contributed by atoms with Crippen LogP contribution in [0.15, 0.2) is 53.0 Å². The van der Waals surface area contributed by atoms with Crippen molar-refractivity contribution in [1.29, 1.82) is 0 Å². The largest absolute Gasteiger partial charge is 0.424 e. The molecule has 3 rings (SSSR count). The number of fused-ring (bicyclic) bond motifs is 1. The summed E-state index contributed by atoms with van der Waals surface area (Å²) in [5.74, 6) is 0.373. The summed E-state index contributed by atoms with van der Waals surface area (Å²) in [6.07, 6.45) is 0.316. The molecule has 1 aliphatic rings. The summed E-state index contributed by atoms with van der Waals surface area (Å²) in [4.78, 5) is 11.8. The number of anilines is 1. The van der Waals surface area contributed by atoms with Crippen LogP contribution >= 0.6 is 15.9 Å². The highest BCUT2D eigenvalue weighted by atomic mass is 79.9. The molecule has 19 heavy (non-hydrogen) atoms. The molecule has 1 atom stereocenters. The van der Waals surface area contributed by atoms with Crippen molar-refractivity contribution < 1.29 is 9.53 Å². The van der Waals surface area contributed by atoms with Crippen molar-refractivity contribution in [2.45, 2.75) is 12.5 Å². The van der Waals surface area contributed by atoms with Gasteiger partial charge >= 0.3 is 5.97 Å². The third kappa shape index (κ3) is 2.63. The second kappa shape index (κ2) is 5.05. The normalized spacial score (nSPS) is 17.9. The van der Waals surface area contributed by atoms with E-state index in [2.05, 4.69) is 21.2 Å². The Morgan fingerprint density at radius 3 is 2.63 bits per heavy atom. The van der Waals surface area contributed by atoms with Gasteiger partial charge in [0.2, 0.25) is 0 Å². The van der Waals surface area contributed by atoms with Crippen LogP contribution in [0.25, 0.3) is 0 Å². The maximum absolute atomic E-state index is 11.8. The van der Waals surface area contributed by atoms with Gasteiger partial charge in [-0.2, -0.15) is 0 Å². The van der Waals surface area contributed by atoms with Crippen molar-refractivity contribution in [2.24, 2.45) is 0 Å². The Balaban J connectivity index is 1.95. The van der Waals surface area contributed by atoms with Crippen molar-refractivity contribution in [1.82, 2.24) is 0 Å². The Morgan fingerprint density at radius 1 is 1.11 bits per heavy atom. The standard InChI is InChI=1S/C15H12BrNO2/c16-11-7-5-10(6-8-11)13-9-15(18)19-14-4-2-1-3-12(14)17-13/h1-8,13,17H,9H2. The van der Waals surface area contributed by atoms with Gasteiger partial charge in [-0.3, -0.25) is 4.79 Å². The number of carbonyl (C=O) groups is 1. The summed E-state index contributed by atoms with van der Waals surface area (Å²) < 4.78 is 6.34. The molecule has 4 heteroatoms. The minimum atomic E-state index is -0.217. The highest BCUT2D eigenvalue weighted by Gasteiger charge is 2.23. The molecule has 0 bridgehead atoms. The Hall–Kier alpha value is -1.81. The smallest absolute Gasteiger partial charge is 0.313 e. The number of hydrogen-bond donors (Lipinski definition) is 1. The van der Waals surface area contributed by atoms with E-state index in [4.69, 9.17) is 4.74 Å². The van der Waals surface area contributed by atoms with E-state index in [0.29, 0.717) is 12.2 Å². The van der Waals surface area contributed by atoms with Crippen molar-refractivity contribution >= 4 is 27.6 Å². The Bertz CT molecular complexity index is 610. The summed E-state index contributed by atoms with van der Waals surface area (Å²) in [5.41, 5.74) is 1.91. The number of rotatable bonds is 1. The molecular formula is C15H12BrNO2. The van der Waals surface area contributed by atoms with Crippen LogP contribution in [-0.2, 0) is 4.79 Å². The number of ether oxygens (including phenoxy) is 1. The van der Waals surface area contributed by atoms with Crippen molar-refractivity contribution in [3.8, 4) is 5.75 Å². The highest BCUT2D eigenvalue weighted by Crippen LogP contribution is 2.33. The maximum Gasteiger partial charge on any atom is 0.313 e. The predicted octanol–water partition coefficient (Wildman–Crippen LogP) is 3.91. The highest BCUT2D eigenvalue weighted by molar-refractivity contribution is 9.10. The number of hydrogen-bond acceptors (Lipinski definition) is 3. The van der Waals surface area contributed by atoms with Crippen LogP contribution < -0.4 is 10.1 Å². The van der Waals surface area contributed by atoms with E-state index in [1.54, 1.807) is 6.07 Å². The zero-order valence-electron chi connectivity index (χ0n) is 10.1. The van der Waals surface area contributed by atoms with Gasteiger partial charge in [0.05, 0.1) is 18.2 Å². The average Bonchev–Trinajstić information content (AvgIpc) is 2.57. The molecule has 0 amide bonds. The number of esters is 1. The molecule has 0 fully saturated rings. The van der Waals surface area contributed by atoms with Gasteiger partial charge in [-0.15, -0.1) is 0 Å². The van der Waals surface area contributed by atoms with Crippen LogP contribution in [0.4, 0.5) is 5.69 Å². The Kier molecular flexibility index (Phi) is 3.25. The fourth-order valence-electron chi connectivity index (χ4n) is 2.14. The van der Waals surface area contributed by atoms with Crippen LogP contribution in [0, 0.1) is 0 Å². The first-order chi connectivity index (χ1) is 9.22. The molecule has 96 valence electrons. The van der Waals surface area contributed by atoms with Gasteiger partial charge in [-0.05, 0) is 29.8 Å². The fourth-order valence-corrected chi connectivity index (χ4v) is 2.41. The van der Waals surface area contributed by atoms with Crippen LogP contribution in [-0.4, -0.2) is 5.97 Å². The van der Waals surface area contributed by atoms with E-state index in [9.17, 15) is 4.79 Å². The summed E-state index contributed by atoms with van der Waals surface area (Å²) >= 11 is 3.41. The number of nitrogens with one attached hydrogen (secondary N) is 1. The SMILES string of the molecule is O=C1CC(c2ccc(Br)cc2)Nc2ccccc2O1. The molecule has 1 unspecified atom stereocenters. The predicted molar refractivity (Wildman–Crippen MR) is 77.2 cm³/mol. The molecule has 0 aromatic heterocycles. The fraction of sp³-hybridized carbons (Fsp3) is 0.133. The third-order valence-electron chi connectivity index (χ3n) is 3.08. The lowest BCUT2D eigenvalue weighted by Crippen LogP contribution is -2.14. The first-order valence-corrected chi connectivity index (χ1v) is 6.83. The lowest BCUT2D eigenvalue weighted by molar-refractivity contribution is -0.134. The minimum absolute atomic E-state index is 0.0655. The molecule has 3 nitrogen and oxygen atoms in total. The molecule has 2 aromatic rings. The molecule has 0 spiro atoms. The second-order valence-corrected chi connectivity index (χ2v) is 5.34. The number of para-hydroxylation sites is 2. The quantitative estimate of drug-likeness (QED) is 0.640. The molecule has 2 aromatic carbocycles. The van der Waals surface area contributed by atoms with Crippen molar-refractivity contribution in [2.75, 3.05) is 5.32 Å². The average molecular weight is 318 g/mol. The monoisotopic (exact) mass is 317 g/mol. The molecule has 1 heterocycles. The van der Waals surface area contributed by atoms with Crippen LogP contribution in [0.2, 0.25) is 0 Å². The van der Waals surface area contributed by atoms with Crippen molar-refractivity contribution in [3.05, 3.63) is 58.6 Å². The number of carbonyl (C=O) groups excluding carboxylic acids is 1. The maximum atomic E-state index is 11.8. The van der Waals surface area contributed by atoms with Gasteiger partial charge < -0.3 is 10.1 Å².